The molecule has 0 unspecified atom stereocenters. The lowest BCUT2D eigenvalue weighted by molar-refractivity contribution is 0.666. The van der Waals surface area contributed by atoms with Gasteiger partial charge in [0.2, 0.25) is 0 Å². The van der Waals surface area contributed by atoms with Crippen LogP contribution in [0.3, 0.4) is 0 Å². The Morgan fingerprint density at radius 2 is 1.78 bits per heavy atom. The monoisotopic (exact) mass is 303 g/mol. The molecule has 0 aliphatic heterocycles. The third-order valence-electron chi connectivity index (χ3n) is 4.59. The maximum atomic E-state index is 4.63. The van der Waals surface area contributed by atoms with Gasteiger partial charge in [-0.05, 0) is 48.4 Å². The lowest BCUT2D eigenvalue weighted by Gasteiger charge is -2.10. The van der Waals surface area contributed by atoms with Gasteiger partial charge in [-0.25, -0.2) is 0 Å². The average Bonchev–Trinajstić information content (AvgIpc) is 2.59. The van der Waals surface area contributed by atoms with Crippen molar-refractivity contribution in [2.75, 3.05) is 0 Å². The van der Waals surface area contributed by atoms with Gasteiger partial charge in [0.05, 0.1) is 5.69 Å². The van der Waals surface area contributed by atoms with Crippen LogP contribution < -0.4 is 0 Å². The van der Waals surface area contributed by atoms with E-state index in [9.17, 15) is 0 Å². The van der Waals surface area contributed by atoms with E-state index in [0.717, 1.165) is 5.69 Å². The molecular weight excluding hydrogens is 278 g/mol. The van der Waals surface area contributed by atoms with Crippen LogP contribution in [-0.2, 0) is 6.42 Å². The zero-order chi connectivity index (χ0) is 16.1. The van der Waals surface area contributed by atoms with Crippen LogP contribution in [0.5, 0.6) is 0 Å². The molecule has 118 valence electrons. The SMILES string of the molecule is CCCCCCc1ccc(-c2nccc3ccccc23)cc1C. The molecule has 0 aliphatic carbocycles. The standard InChI is InChI=1S/C22H25N/c1-3-4-5-6-9-18-12-13-20(16-17(18)2)22-21-11-8-7-10-19(21)14-15-23-22/h7-8,10-16H,3-6,9H2,1-2H3. The van der Waals surface area contributed by atoms with Crippen LogP contribution in [-0.4, -0.2) is 4.98 Å². The molecular formula is C22H25N. The lowest BCUT2D eigenvalue weighted by atomic mass is 9.97. The lowest BCUT2D eigenvalue weighted by Crippen LogP contribution is -1.93. The van der Waals surface area contributed by atoms with Crippen molar-refractivity contribution < 1.29 is 0 Å². The number of nitrogens with zero attached hydrogens (tertiary/aromatic N) is 1. The minimum absolute atomic E-state index is 1.09. The van der Waals surface area contributed by atoms with Gasteiger partial charge in [-0.1, -0.05) is 62.6 Å². The maximum absolute atomic E-state index is 4.63. The van der Waals surface area contributed by atoms with Crippen molar-refractivity contribution >= 4 is 10.8 Å². The van der Waals surface area contributed by atoms with E-state index < -0.39 is 0 Å². The molecule has 0 fully saturated rings. The highest BCUT2D eigenvalue weighted by Gasteiger charge is 2.07. The second kappa shape index (κ2) is 7.41. The molecule has 2 aromatic carbocycles. The third-order valence-corrected chi connectivity index (χ3v) is 4.59. The molecule has 1 heterocycles. The Bertz CT molecular complexity index is 784. The zero-order valence-corrected chi connectivity index (χ0v) is 14.2. The van der Waals surface area contributed by atoms with Crippen LogP contribution in [0.4, 0.5) is 0 Å². The van der Waals surface area contributed by atoms with E-state index in [2.05, 4.69) is 67.4 Å². The summed E-state index contributed by atoms with van der Waals surface area (Å²) in [5, 5.41) is 2.48. The van der Waals surface area contributed by atoms with Crippen LogP contribution in [0.15, 0.2) is 54.7 Å². The Balaban J connectivity index is 1.87. The number of aryl methyl sites for hydroxylation is 2. The van der Waals surface area contributed by atoms with Gasteiger partial charge in [0.25, 0.3) is 0 Å². The fourth-order valence-corrected chi connectivity index (χ4v) is 3.22. The number of pyridine rings is 1. The van der Waals surface area contributed by atoms with Gasteiger partial charge in [0.15, 0.2) is 0 Å². The molecule has 0 saturated heterocycles. The zero-order valence-electron chi connectivity index (χ0n) is 14.2. The second-order valence-corrected chi connectivity index (χ2v) is 6.33. The summed E-state index contributed by atoms with van der Waals surface area (Å²) in [5.41, 5.74) is 5.17. The number of benzene rings is 2. The summed E-state index contributed by atoms with van der Waals surface area (Å²) in [7, 11) is 0. The minimum atomic E-state index is 1.09. The van der Waals surface area contributed by atoms with E-state index in [0.29, 0.717) is 0 Å². The van der Waals surface area contributed by atoms with Gasteiger partial charge < -0.3 is 0 Å². The van der Waals surface area contributed by atoms with E-state index in [1.54, 1.807) is 0 Å². The number of unbranched alkanes of at least 4 members (excludes halogenated alkanes) is 3. The topological polar surface area (TPSA) is 12.9 Å². The summed E-state index contributed by atoms with van der Waals surface area (Å²) in [6.45, 7) is 4.49. The number of fused-ring (bicyclic) bond motifs is 1. The third kappa shape index (κ3) is 3.61. The molecule has 1 nitrogen and oxygen atoms in total. The number of aromatic nitrogens is 1. The van der Waals surface area contributed by atoms with Crippen LogP contribution in [0.25, 0.3) is 22.0 Å². The van der Waals surface area contributed by atoms with Crippen LogP contribution in [0, 0.1) is 6.92 Å². The fraction of sp³-hybridized carbons (Fsp3) is 0.318. The average molecular weight is 303 g/mol. The van der Waals surface area contributed by atoms with Gasteiger partial charge in [0, 0.05) is 17.1 Å². The molecule has 0 radical (unpaired) electrons. The van der Waals surface area contributed by atoms with Gasteiger partial charge in [-0.3, -0.25) is 4.98 Å². The van der Waals surface area contributed by atoms with E-state index in [1.807, 2.05) is 6.20 Å². The predicted octanol–water partition coefficient (Wildman–Crippen LogP) is 6.33. The van der Waals surface area contributed by atoms with E-state index in [1.165, 1.54) is 59.6 Å². The molecule has 3 aromatic rings. The van der Waals surface area contributed by atoms with Crippen molar-refractivity contribution in [2.24, 2.45) is 0 Å². The molecule has 0 aliphatic rings. The van der Waals surface area contributed by atoms with Crippen molar-refractivity contribution in [3.63, 3.8) is 0 Å². The first-order chi connectivity index (χ1) is 11.3. The van der Waals surface area contributed by atoms with Gasteiger partial charge in [-0.15, -0.1) is 0 Å². The Labute approximate surface area is 139 Å². The minimum Gasteiger partial charge on any atom is -0.256 e. The van der Waals surface area contributed by atoms with E-state index in [-0.39, 0.29) is 0 Å². The molecule has 0 N–H and O–H groups in total. The highest BCUT2D eigenvalue weighted by molar-refractivity contribution is 5.94. The first-order valence-electron chi connectivity index (χ1n) is 8.73. The Morgan fingerprint density at radius 1 is 0.913 bits per heavy atom. The molecule has 1 heteroatoms. The number of hydrogen-bond donors (Lipinski definition) is 0. The summed E-state index contributed by atoms with van der Waals surface area (Å²) in [5.74, 6) is 0. The summed E-state index contributed by atoms with van der Waals surface area (Å²) in [4.78, 5) is 4.63. The van der Waals surface area contributed by atoms with Crippen molar-refractivity contribution in [2.45, 2.75) is 46.0 Å². The first kappa shape index (κ1) is 15.7. The number of rotatable bonds is 6. The smallest absolute Gasteiger partial charge is 0.0780 e. The van der Waals surface area contributed by atoms with Gasteiger partial charge in [-0.2, -0.15) is 0 Å². The van der Waals surface area contributed by atoms with Gasteiger partial charge in [0.1, 0.15) is 0 Å². The molecule has 0 spiro atoms. The molecule has 3 rings (SSSR count). The van der Waals surface area contributed by atoms with Crippen molar-refractivity contribution in [1.82, 2.24) is 4.98 Å². The molecule has 0 amide bonds. The largest absolute Gasteiger partial charge is 0.256 e. The number of hydrogen-bond acceptors (Lipinski definition) is 1. The van der Waals surface area contributed by atoms with Crippen LogP contribution >= 0.6 is 0 Å². The summed E-state index contributed by atoms with van der Waals surface area (Å²) >= 11 is 0. The summed E-state index contributed by atoms with van der Waals surface area (Å²) in [6, 6.07) is 17.4. The van der Waals surface area contributed by atoms with Gasteiger partial charge >= 0.3 is 0 Å². The summed E-state index contributed by atoms with van der Waals surface area (Å²) < 4.78 is 0. The highest BCUT2D eigenvalue weighted by Crippen LogP contribution is 2.28. The quantitative estimate of drug-likeness (QED) is 0.485. The molecule has 1 aromatic heterocycles. The van der Waals surface area contributed by atoms with Crippen molar-refractivity contribution in [3.05, 3.63) is 65.9 Å². The molecule has 0 saturated carbocycles. The van der Waals surface area contributed by atoms with E-state index in [4.69, 9.17) is 0 Å². The van der Waals surface area contributed by atoms with E-state index >= 15 is 0 Å². The van der Waals surface area contributed by atoms with Crippen molar-refractivity contribution in [3.8, 4) is 11.3 Å². The normalized spacial score (nSPS) is 11.0. The highest BCUT2D eigenvalue weighted by atomic mass is 14.7. The Kier molecular flexibility index (Phi) is 5.07. The Hall–Kier alpha value is -2.15. The predicted molar refractivity (Wildman–Crippen MR) is 99.8 cm³/mol. The van der Waals surface area contributed by atoms with Crippen LogP contribution in [0.2, 0.25) is 0 Å². The van der Waals surface area contributed by atoms with Crippen LogP contribution in [0.1, 0.15) is 43.7 Å². The fourth-order valence-electron chi connectivity index (χ4n) is 3.22. The molecule has 0 atom stereocenters. The molecule has 0 bridgehead atoms. The second-order valence-electron chi connectivity index (χ2n) is 6.33. The Morgan fingerprint density at radius 3 is 2.61 bits per heavy atom. The maximum Gasteiger partial charge on any atom is 0.0780 e. The first-order valence-corrected chi connectivity index (χ1v) is 8.73. The summed E-state index contributed by atoms with van der Waals surface area (Å²) in [6.07, 6.45) is 8.37. The molecule has 23 heavy (non-hydrogen) atoms. The van der Waals surface area contributed by atoms with Crippen molar-refractivity contribution in [1.29, 1.82) is 0 Å².